The Balaban J connectivity index is 1.15. The lowest BCUT2D eigenvalue weighted by Gasteiger charge is -2.71. The minimum Gasteiger partial charge on any atom is -0.440 e. The summed E-state index contributed by atoms with van der Waals surface area (Å²) in [4.78, 5) is 32.1. The fourth-order valence-electron chi connectivity index (χ4n) is 12.0. The monoisotopic (exact) mass is 659 g/mol. The van der Waals surface area contributed by atoms with Gasteiger partial charge in [-0.05, 0) is 91.2 Å². The van der Waals surface area contributed by atoms with Crippen molar-refractivity contribution in [1.29, 1.82) is 0 Å². The van der Waals surface area contributed by atoms with Gasteiger partial charge < -0.3 is 14.7 Å². The second kappa shape index (κ2) is 10.5. The van der Waals surface area contributed by atoms with E-state index in [-0.39, 0.29) is 46.1 Å². The number of carbonyl (C=O) groups excluding carboxylic acids is 2. The predicted molar refractivity (Wildman–Crippen MR) is 189 cm³/mol. The van der Waals surface area contributed by atoms with Gasteiger partial charge in [-0.3, -0.25) is 4.79 Å². The Morgan fingerprint density at radius 1 is 0.917 bits per heavy atom. The third-order valence-electron chi connectivity index (χ3n) is 14.4. The molecule has 2 aromatic carbocycles. The maximum atomic E-state index is 15.3. The summed E-state index contributed by atoms with van der Waals surface area (Å²) in [5, 5.41) is 13.2. The highest BCUT2D eigenvalue weighted by molar-refractivity contribution is 7.09. The molecular formula is C42H45NO4S. The average Bonchev–Trinajstić information content (AvgIpc) is 3.81. The van der Waals surface area contributed by atoms with Gasteiger partial charge in [-0.25, -0.2) is 4.79 Å². The van der Waals surface area contributed by atoms with Crippen molar-refractivity contribution < 1.29 is 19.4 Å². The molecule has 1 aliphatic heterocycles. The van der Waals surface area contributed by atoms with Gasteiger partial charge in [0.2, 0.25) is 0 Å². The maximum Gasteiger partial charge on any atom is 0.410 e. The Morgan fingerprint density at radius 3 is 2.48 bits per heavy atom. The number of fused-ring (bicyclic) bond motifs is 2. The van der Waals surface area contributed by atoms with E-state index in [0.29, 0.717) is 19.5 Å². The lowest BCUT2D eigenvalue weighted by Crippen LogP contribution is -2.67. The second-order valence-corrected chi connectivity index (χ2v) is 17.2. The van der Waals surface area contributed by atoms with Crippen molar-refractivity contribution in [2.75, 3.05) is 13.1 Å². The molecule has 0 unspecified atom stereocenters. The summed E-state index contributed by atoms with van der Waals surface area (Å²) in [6.07, 6.45) is 13.5. The third kappa shape index (κ3) is 3.93. The van der Waals surface area contributed by atoms with E-state index < -0.39 is 11.0 Å². The number of aliphatic hydroxyl groups is 1. The molecule has 10 rings (SSSR count). The minimum absolute atomic E-state index is 0.0557. The topological polar surface area (TPSA) is 66.8 Å². The lowest BCUT2D eigenvalue weighted by atomic mass is 9.32. The summed E-state index contributed by atoms with van der Waals surface area (Å²) < 4.78 is 6.58. The Kier molecular flexibility index (Phi) is 6.69. The van der Waals surface area contributed by atoms with Gasteiger partial charge in [0.25, 0.3) is 0 Å². The predicted octanol–water partition coefficient (Wildman–Crippen LogP) is 8.89. The summed E-state index contributed by atoms with van der Waals surface area (Å²) >= 11 is 1.74. The molecule has 6 aliphatic carbocycles. The number of allylic oxidation sites excluding steroid dienone is 4. The molecule has 1 amide bonds. The van der Waals surface area contributed by atoms with Crippen molar-refractivity contribution >= 4 is 23.2 Å². The molecule has 2 bridgehead atoms. The normalized spacial score (nSPS) is 39.1. The molecular weight excluding hydrogens is 615 g/mol. The maximum absolute atomic E-state index is 15.3. The molecule has 248 valence electrons. The molecule has 3 saturated carbocycles. The van der Waals surface area contributed by atoms with Gasteiger partial charge in [0.05, 0.1) is 12.6 Å². The second-order valence-electron chi connectivity index (χ2n) is 16.1. The van der Waals surface area contributed by atoms with Crippen molar-refractivity contribution in [3.05, 3.63) is 106 Å². The number of Topliss-reactive ketones (excluding diaryl/α,β-unsaturated/α-hetero) is 1. The van der Waals surface area contributed by atoms with Crippen molar-refractivity contribution in [3.63, 3.8) is 0 Å². The zero-order chi connectivity index (χ0) is 32.9. The number of hydrogen-bond acceptors (Lipinski definition) is 5. The molecule has 1 aromatic heterocycles. The SMILES string of the molecule is C[C@]12CC[C@H]3[C@]4(C=C[C@@]5(C=C4C(=O)c4ccccc4-c4ccccc4)C[C@@H](O)CC[C@]35C)[C@@H]1CC[C@@]21CN(CCc2cccs2)C(=O)O1. The van der Waals surface area contributed by atoms with E-state index in [4.69, 9.17) is 4.74 Å². The van der Waals surface area contributed by atoms with E-state index in [2.05, 4.69) is 67.8 Å². The first-order valence-electron chi connectivity index (χ1n) is 18.0. The highest BCUT2D eigenvalue weighted by Gasteiger charge is 2.76. The first-order valence-corrected chi connectivity index (χ1v) is 18.8. The van der Waals surface area contributed by atoms with Gasteiger partial charge in [0, 0.05) is 38.8 Å². The number of aliphatic hydroxyl groups excluding tert-OH is 1. The zero-order valence-corrected chi connectivity index (χ0v) is 28.8. The van der Waals surface area contributed by atoms with Crippen molar-refractivity contribution in [3.8, 4) is 11.1 Å². The number of hydrogen-bond donors (Lipinski definition) is 1. The number of ketones is 1. The van der Waals surface area contributed by atoms with Gasteiger partial charge in [0.15, 0.2) is 5.78 Å². The van der Waals surface area contributed by atoms with Crippen LogP contribution in [0.3, 0.4) is 0 Å². The summed E-state index contributed by atoms with van der Waals surface area (Å²) in [7, 11) is 0. The number of benzene rings is 2. The highest BCUT2D eigenvalue weighted by Crippen LogP contribution is 2.79. The van der Waals surface area contributed by atoms with Crippen molar-refractivity contribution in [2.45, 2.75) is 76.9 Å². The molecule has 1 N–H and O–H groups in total. The van der Waals surface area contributed by atoms with Crippen LogP contribution in [0.1, 0.15) is 74.0 Å². The first-order chi connectivity index (χ1) is 23.1. The molecule has 2 heterocycles. The highest BCUT2D eigenvalue weighted by atomic mass is 32.1. The van der Waals surface area contributed by atoms with Crippen molar-refractivity contribution in [1.82, 2.24) is 4.90 Å². The number of carbonyl (C=O) groups is 2. The van der Waals surface area contributed by atoms with E-state index in [1.165, 1.54) is 4.88 Å². The van der Waals surface area contributed by atoms with Crippen LogP contribution in [0, 0.1) is 33.5 Å². The van der Waals surface area contributed by atoms with Crippen molar-refractivity contribution in [2.24, 2.45) is 33.5 Å². The van der Waals surface area contributed by atoms with Gasteiger partial charge in [-0.2, -0.15) is 0 Å². The van der Waals surface area contributed by atoms with Crippen LogP contribution in [-0.4, -0.2) is 46.7 Å². The molecule has 4 fully saturated rings. The van der Waals surface area contributed by atoms with E-state index in [1.54, 1.807) is 11.3 Å². The lowest BCUT2D eigenvalue weighted by molar-refractivity contribution is -0.164. The summed E-state index contributed by atoms with van der Waals surface area (Å²) in [5.74, 6) is 0.540. The van der Waals surface area contributed by atoms with Crippen LogP contribution in [0.2, 0.25) is 0 Å². The molecule has 7 aliphatic rings. The van der Waals surface area contributed by atoms with Crippen LogP contribution in [-0.2, 0) is 11.2 Å². The van der Waals surface area contributed by atoms with Crippen LogP contribution in [0.5, 0.6) is 0 Å². The Hall–Kier alpha value is -3.48. The fraction of sp³-hybridized carbons (Fsp3) is 0.476. The van der Waals surface area contributed by atoms with Crippen LogP contribution in [0.4, 0.5) is 4.79 Å². The molecule has 3 spiro atoms. The molecule has 0 radical (unpaired) electrons. The van der Waals surface area contributed by atoms with Crippen LogP contribution >= 0.6 is 11.3 Å². The van der Waals surface area contributed by atoms with Gasteiger partial charge in [-0.1, -0.05) is 92.7 Å². The summed E-state index contributed by atoms with van der Waals surface area (Å²) in [6, 6.07) is 22.5. The molecule has 5 nitrogen and oxygen atoms in total. The molecule has 3 aromatic rings. The minimum atomic E-state index is -0.566. The Labute approximate surface area is 287 Å². The number of amides is 1. The third-order valence-corrected chi connectivity index (χ3v) is 15.3. The fourth-order valence-corrected chi connectivity index (χ4v) is 12.6. The molecule has 8 atom stereocenters. The van der Waals surface area contributed by atoms with Gasteiger partial charge >= 0.3 is 6.09 Å². The molecule has 6 heteroatoms. The van der Waals surface area contributed by atoms with Crippen LogP contribution in [0.15, 0.2) is 95.9 Å². The zero-order valence-electron chi connectivity index (χ0n) is 28.0. The number of nitrogens with zero attached hydrogens (tertiary/aromatic N) is 1. The number of thiophene rings is 1. The van der Waals surface area contributed by atoms with E-state index in [1.807, 2.05) is 41.3 Å². The van der Waals surface area contributed by atoms with E-state index >= 15 is 4.79 Å². The average molecular weight is 660 g/mol. The van der Waals surface area contributed by atoms with Gasteiger partial charge in [0.1, 0.15) is 5.60 Å². The van der Waals surface area contributed by atoms with Gasteiger partial charge in [-0.15, -0.1) is 11.3 Å². The Bertz CT molecular complexity index is 1850. The summed E-state index contributed by atoms with van der Waals surface area (Å²) in [6.45, 7) is 6.11. The quantitative estimate of drug-likeness (QED) is 0.212. The smallest absolute Gasteiger partial charge is 0.410 e. The van der Waals surface area contributed by atoms with E-state index in [0.717, 1.165) is 67.2 Å². The van der Waals surface area contributed by atoms with Crippen LogP contribution in [0.25, 0.3) is 11.1 Å². The summed E-state index contributed by atoms with van der Waals surface area (Å²) in [5.41, 5.74) is 1.93. The van der Waals surface area contributed by atoms with Crippen LogP contribution < -0.4 is 0 Å². The standard InChI is InChI=1S/C42H45NO4S/c1-38-18-14-29(44)25-40(38)21-22-42(33(26-40)36(45)32-13-7-6-12-31(32)28-9-4-3-5-10-28)34(38)15-19-39(2)35(42)16-20-41(39)27-43(37(46)47-41)23-17-30-11-8-24-48-30/h3-13,21-22,24,26,29,34-35,44H,14-20,23,25,27H2,1-2H3/t29-,34+,35+,38+,39-,40-,41+,42+/m0/s1. The van der Waals surface area contributed by atoms with E-state index in [9.17, 15) is 9.90 Å². The number of ether oxygens (including phenoxy) is 1. The Morgan fingerprint density at radius 2 is 1.67 bits per heavy atom. The first kappa shape index (κ1) is 30.6. The molecule has 1 saturated heterocycles. The largest absolute Gasteiger partial charge is 0.440 e. The number of rotatable bonds is 6. The molecule has 48 heavy (non-hydrogen) atoms.